The van der Waals surface area contributed by atoms with Gasteiger partial charge in [0.05, 0.1) is 0 Å². The second-order valence-electron chi connectivity index (χ2n) is 3.93. The van der Waals surface area contributed by atoms with E-state index >= 15 is 0 Å². The highest BCUT2D eigenvalue weighted by Gasteiger charge is 2.17. The highest BCUT2D eigenvalue weighted by Crippen LogP contribution is 2.32. The summed E-state index contributed by atoms with van der Waals surface area (Å²) in [6, 6.07) is 2.10. The Morgan fingerprint density at radius 1 is 1.33 bits per heavy atom. The molecule has 0 aliphatic heterocycles. The average Bonchev–Trinajstić information content (AvgIpc) is 2.84. The number of aryl methyl sites for hydroxylation is 2. The van der Waals surface area contributed by atoms with E-state index in [9.17, 15) is 0 Å². The van der Waals surface area contributed by atoms with Gasteiger partial charge in [0, 0.05) is 28.5 Å². The predicted molar refractivity (Wildman–Crippen MR) is 62.1 cm³/mol. The fraction of sp³-hybridized carbons (Fsp3) is 0.333. The minimum atomic E-state index is 1.11. The molecule has 1 aliphatic rings. The molecule has 0 N–H and O–H groups in total. The monoisotopic (exact) mass is 216 g/mol. The lowest BCUT2D eigenvalue weighted by molar-refractivity contribution is 0.899. The summed E-state index contributed by atoms with van der Waals surface area (Å²) in [4.78, 5) is 8.98. The Morgan fingerprint density at radius 3 is 3.07 bits per heavy atom. The van der Waals surface area contributed by atoms with Gasteiger partial charge in [-0.3, -0.25) is 4.98 Å². The first-order valence-corrected chi connectivity index (χ1v) is 6.12. The molecular formula is C12H12N2S. The third kappa shape index (κ3) is 1.47. The first-order valence-electron chi connectivity index (χ1n) is 5.24. The summed E-state index contributed by atoms with van der Waals surface area (Å²) in [5.74, 6) is 0. The van der Waals surface area contributed by atoms with Crippen LogP contribution in [-0.2, 0) is 12.8 Å². The van der Waals surface area contributed by atoms with Gasteiger partial charge in [0.15, 0.2) is 0 Å². The molecule has 0 spiro atoms. The Morgan fingerprint density at radius 2 is 2.27 bits per heavy atom. The maximum atomic E-state index is 4.55. The van der Waals surface area contributed by atoms with Crippen molar-refractivity contribution in [2.24, 2.45) is 0 Å². The van der Waals surface area contributed by atoms with Gasteiger partial charge in [-0.25, -0.2) is 4.98 Å². The number of pyridine rings is 1. The van der Waals surface area contributed by atoms with Crippen LogP contribution in [0.2, 0.25) is 0 Å². The predicted octanol–water partition coefficient (Wildman–Crippen LogP) is 3.00. The van der Waals surface area contributed by atoms with Crippen molar-refractivity contribution in [3.05, 3.63) is 34.6 Å². The van der Waals surface area contributed by atoms with Crippen molar-refractivity contribution in [2.75, 3.05) is 0 Å². The van der Waals surface area contributed by atoms with E-state index < -0.39 is 0 Å². The SMILES string of the molecule is Cc1csc(-c2ccnc3c2CCC3)n1. The molecule has 15 heavy (non-hydrogen) atoms. The second-order valence-corrected chi connectivity index (χ2v) is 4.79. The summed E-state index contributed by atoms with van der Waals surface area (Å²) in [5, 5.41) is 3.25. The van der Waals surface area contributed by atoms with Gasteiger partial charge < -0.3 is 0 Å². The standard InChI is InChI=1S/C12H12N2S/c1-8-7-15-12(14-8)10-5-6-13-11-4-2-3-9(10)11/h5-7H,2-4H2,1H3. The second kappa shape index (κ2) is 3.42. The molecule has 0 bridgehead atoms. The van der Waals surface area contributed by atoms with Gasteiger partial charge in [0.2, 0.25) is 0 Å². The van der Waals surface area contributed by atoms with Crippen LogP contribution in [0.25, 0.3) is 10.6 Å². The van der Waals surface area contributed by atoms with Crippen LogP contribution in [0.3, 0.4) is 0 Å². The molecular weight excluding hydrogens is 204 g/mol. The zero-order valence-electron chi connectivity index (χ0n) is 8.66. The molecule has 0 aromatic carbocycles. The minimum absolute atomic E-state index is 1.11. The van der Waals surface area contributed by atoms with E-state index in [-0.39, 0.29) is 0 Å². The molecule has 0 saturated carbocycles. The third-order valence-corrected chi connectivity index (χ3v) is 3.83. The summed E-state index contributed by atoms with van der Waals surface area (Å²) < 4.78 is 0. The number of hydrogen-bond acceptors (Lipinski definition) is 3. The molecule has 0 fully saturated rings. The van der Waals surface area contributed by atoms with Crippen molar-refractivity contribution < 1.29 is 0 Å². The van der Waals surface area contributed by atoms with E-state index in [4.69, 9.17) is 0 Å². The topological polar surface area (TPSA) is 25.8 Å². The van der Waals surface area contributed by atoms with Crippen molar-refractivity contribution in [2.45, 2.75) is 26.2 Å². The summed E-state index contributed by atoms with van der Waals surface area (Å²) in [5.41, 5.74) is 5.11. The maximum absolute atomic E-state index is 4.55. The Hall–Kier alpha value is -1.22. The Balaban J connectivity index is 2.16. The first kappa shape index (κ1) is 9.04. The zero-order valence-corrected chi connectivity index (χ0v) is 9.47. The minimum Gasteiger partial charge on any atom is -0.261 e. The van der Waals surface area contributed by atoms with Crippen LogP contribution in [0, 0.1) is 6.92 Å². The molecule has 2 nitrogen and oxygen atoms in total. The van der Waals surface area contributed by atoms with Gasteiger partial charge >= 0.3 is 0 Å². The molecule has 0 radical (unpaired) electrons. The van der Waals surface area contributed by atoms with E-state index in [0.29, 0.717) is 0 Å². The van der Waals surface area contributed by atoms with Gasteiger partial charge in [-0.1, -0.05) is 0 Å². The summed E-state index contributed by atoms with van der Waals surface area (Å²) in [6.07, 6.45) is 5.45. The van der Waals surface area contributed by atoms with Crippen LogP contribution >= 0.6 is 11.3 Å². The van der Waals surface area contributed by atoms with Crippen molar-refractivity contribution >= 4 is 11.3 Å². The van der Waals surface area contributed by atoms with E-state index in [1.807, 2.05) is 13.1 Å². The smallest absolute Gasteiger partial charge is 0.123 e. The van der Waals surface area contributed by atoms with E-state index in [1.54, 1.807) is 11.3 Å². The molecule has 76 valence electrons. The molecule has 1 aliphatic carbocycles. The largest absolute Gasteiger partial charge is 0.261 e. The lowest BCUT2D eigenvalue weighted by Gasteiger charge is -2.03. The Labute approximate surface area is 93.0 Å². The summed E-state index contributed by atoms with van der Waals surface area (Å²) in [6.45, 7) is 2.04. The van der Waals surface area contributed by atoms with Crippen molar-refractivity contribution in [1.29, 1.82) is 0 Å². The van der Waals surface area contributed by atoms with Crippen molar-refractivity contribution in [1.82, 2.24) is 9.97 Å². The average molecular weight is 216 g/mol. The summed E-state index contributed by atoms with van der Waals surface area (Å²) >= 11 is 1.73. The highest BCUT2D eigenvalue weighted by molar-refractivity contribution is 7.13. The van der Waals surface area contributed by atoms with E-state index in [0.717, 1.165) is 23.5 Å². The quantitative estimate of drug-likeness (QED) is 0.732. The number of rotatable bonds is 1. The third-order valence-electron chi connectivity index (χ3n) is 2.83. The van der Waals surface area contributed by atoms with Gasteiger partial charge in [0.25, 0.3) is 0 Å². The molecule has 0 atom stereocenters. The highest BCUT2D eigenvalue weighted by atomic mass is 32.1. The molecule has 2 heterocycles. The van der Waals surface area contributed by atoms with Crippen LogP contribution < -0.4 is 0 Å². The number of fused-ring (bicyclic) bond motifs is 1. The summed E-state index contributed by atoms with van der Waals surface area (Å²) in [7, 11) is 0. The molecule has 2 aromatic rings. The van der Waals surface area contributed by atoms with Gasteiger partial charge in [-0.05, 0) is 37.8 Å². The van der Waals surface area contributed by atoms with E-state index in [2.05, 4.69) is 21.4 Å². The molecule has 0 amide bonds. The fourth-order valence-electron chi connectivity index (χ4n) is 2.14. The number of aromatic nitrogens is 2. The number of nitrogens with zero attached hydrogens (tertiary/aromatic N) is 2. The lowest BCUT2D eigenvalue weighted by atomic mass is 10.1. The molecule has 3 rings (SSSR count). The van der Waals surface area contributed by atoms with Crippen LogP contribution in [0.15, 0.2) is 17.6 Å². The van der Waals surface area contributed by atoms with Crippen molar-refractivity contribution in [3.63, 3.8) is 0 Å². The number of hydrogen-bond donors (Lipinski definition) is 0. The number of thiazole rings is 1. The van der Waals surface area contributed by atoms with Crippen LogP contribution in [0.5, 0.6) is 0 Å². The van der Waals surface area contributed by atoms with Crippen LogP contribution in [-0.4, -0.2) is 9.97 Å². The van der Waals surface area contributed by atoms with Crippen molar-refractivity contribution in [3.8, 4) is 10.6 Å². The van der Waals surface area contributed by atoms with Crippen LogP contribution in [0.4, 0.5) is 0 Å². The molecule has 3 heteroatoms. The Kier molecular flexibility index (Phi) is 2.06. The first-order chi connectivity index (χ1) is 7.34. The maximum Gasteiger partial charge on any atom is 0.123 e. The van der Waals surface area contributed by atoms with Gasteiger partial charge in [-0.2, -0.15) is 0 Å². The molecule has 2 aromatic heterocycles. The van der Waals surface area contributed by atoms with E-state index in [1.165, 1.54) is 23.2 Å². The van der Waals surface area contributed by atoms with Gasteiger partial charge in [-0.15, -0.1) is 11.3 Å². The lowest BCUT2D eigenvalue weighted by Crippen LogP contribution is -1.91. The van der Waals surface area contributed by atoms with Gasteiger partial charge in [0.1, 0.15) is 5.01 Å². The molecule has 0 unspecified atom stereocenters. The Bertz CT molecular complexity index is 502. The normalized spacial score (nSPS) is 14.2. The van der Waals surface area contributed by atoms with Crippen LogP contribution in [0.1, 0.15) is 23.4 Å². The zero-order chi connectivity index (χ0) is 10.3. The fourth-order valence-corrected chi connectivity index (χ4v) is 2.99. The molecule has 0 saturated heterocycles.